The Morgan fingerprint density at radius 2 is 1.71 bits per heavy atom. The molecule has 0 aliphatic heterocycles. The topological polar surface area (TPSA) is 126 Å². The third-order valence-electron chi connectivity index (χ3n) is 5.69. The molecule has 34 heavy (non-hydrogen) atoms. The Labute approximate surface area is 194 Å². The molecule has 0 spiro atoms. The highest BCUT2D eigenvalue weighted by molar-refractivity contribution is 5.87. The third kappa shape index (κ3) is 4.13. The predicted molar refractivity (Wildman–Crippen MR) is 124 cm³/mol. The van der Waals surface area contributed by atoms with Gasteiger partial charge in [0.25, 0.3) is 0 Å². The fraction of sp³-hybridized carbons (Fsp3) is 0.154. The highest BCUT2D eigenvalue weighted by Gasteiger charge is 2.27. The number of rotatable bonds is 6. The maximum atomic E-state index is 13.3. The molecule has 0 fully saturated rings. The van der Waals surface area contributed by atoms with Crippen LogP contribution in [0.25, 0.3) is 22.1 Å². The van der Waals surface area contributed by atoms with Crippen LogP contribution >= 0.6 is 0 Å². The van der Waals surface area contributed by atoms with Gasteiger partial charge < -0.3 is 29.2 Å². The van der Waals surface area contributed by atoms with Gasteiger partial charge in [0.1, 0.15) is 23.3 Å². The largest absolute Gasteiger partial charge is 0.508 e. The van der Waals surface area contributed by atoms with Crippen molar-refractivity contribution in [3.05, 3.63) is 82.2 Å². The van der Waals surface area contributed by atoms with Crippen LogP contribution in [0.3, 0.4) is 0 Å². The average molecular weight is 462 g/mol. The Balaban J connectivity index is 1.93. The molecule has 0 aliphatic carbocycles. The minimum atomic E-state index is -0.796. The fourth-order valence-electron chi connectivity index (χ4n) is 3.95. The molecule has 8 nitrogen and oxygen atoms in total. The number of phenols is 3. The first-order valence-electron chi connectivity index (χ1n) is 10.3. The quantitative estimate of drug-likeness (QED) is 0.363. The molecular formula is C26H22O8. The van der Waals surface area contributed by atoms with Gasteiger partial charge >= 0.3 is 5.97 Å². The summed E-state index contributed by atoms with van der Waals surface area (Å²) in [5.41, 5.74) is 1.28. The predicted octanol–water partition coefficient (Wildman–Crippen LogP) is 4.28. The van der Waals surface area contributed by atoms with E-state index in [4.69, 9.17) is 13.9 Å². The fourth-order valence-corrected chi connectivity index (χ4v) is 3.95. The van der Waals surface area contributed by atoms with Crippen molar-refractivity contribution >= 4 is 16.9 Å². The second-order valence-electron chi connectivity index (χ2n) is 7.66. The number of carbonyl (C=O) groups is 1. The van der Waals surface area contributed by atoms with E-state index in [1.54, 1.807) is 18.2 Å². The van der Waals surface area contributed by atoms with Crippen molar-refractivity contribution < 1.29 is 34.0 Å². The molecule has 1 heterocycles. The van der Waals surface area contributed by atoms with Crippen LogP contribution in [0.15, 0.2) is 70.1 Å². The van der Waals surface area contributed by atoms with E-state index in [1.807, 2.05) is 0 Å². The van der Waals surface area contributed by atoms with Gasteiger partial charge in [-0.25, -0.2) is 0 Å². The van der Waals surface area contributed by atoms with Gasteiger partial charge in [-0.1, -0.05) is 18.2 Å². The first kappa shape index (κ1) is 22.7. The average Bonchev–Trinajstić information content (AvgIpc) is 2.83. The van der Waals surface area contributed by atoms with Crippen LogP contribution in [0.2, 0.25) is 0 Å². The maximum absolute atomic E-state index is 13.3. The summed E-state index contributed by atoms with van der Waals surface area (Å²) in [5, 5.41) is 30.8. The van der Waals surface area contributed by atoms with Gasteiger partial charge in [-0.2, -0.15) is 0 Å². The highest BCUT2D eigenvalue weighted by atomic mass is 16.5. The van der Waals surface area contributed by atoms with E-state index in [1.165, 1.54) is 56.9 Å². The van der Waals surface area contributed by atoms with E-state index >= 15 is 0 Å². The molecule has 174 valence electrons. The number of ether oxygens (including phenoxy) is 2. The van der Waals surface area contributed by atoms with Crippen LogP contribution in [-0.4, -0.2) is 35.5 Å². The van der Waals surface area contributed by atoms with Crippen molar-refractivity contribution in [2.24, 2.45) is 0 Å². The zero-order chi connectivity index (χ0) is 24.4. The highest BCUT2D eigenvalue weighted by Crippen LogP contribution is 2.41. The number of benzene rings is 3. The van der Waals surface area contributed by atoms with Crippen molar-refractivity contribution in [2.75, 3.05) is 14.2 Å². The number of hydrogen-bond acceptors (Lipinski definition) is 8. The van der Waals surface area contributed by atoms with Gasteiger partial charge in [-0.15, -0.1) is 0 Å². The molecule has 3 aromatic carbocycles. The Hall–Kier alpha value is -4.46. The van der Waals surface area contributed by atoms with Crippen LogP contribution < -0.4 is 10.2 Å². The van der Waals surface area contributed by atoms with E-state index in [0.29, 0.717) is 11.1 Å². The third-order valence-corrected chi connectivity index (χ3v) is 5.69. The van der Waals surface area contributed by atoms with Gasteiger partial charge in [0, 0.05) is 11.5 Å². The standard InChI is InChI=1S/C26H22O8/c1-32-22-10-5-15(11-21(22)29)18(12-23(30)33-2)24-20(28)9-8-17-25(31)19(13-34-26(17)24)14-3-6-16(27)7-4-14/h3-11,13,18,27-29H,12H2,1-2H3. The van der Waals surface area contributed by atoms with Gasteiger partial charge in [0.15, 0.2) is 11.5 Å². The number of hydrogen-bond donors (Lipinski definition) is 3. The van der Waals surface area contributed by atoms with Crippen molar-refractivity contribution in [3.63, 3.8) is 0 Å². The number of esters is 1. The lowest BCUT2D eigenvalue weighted by Crippen LogP contribution is -2.12. The second kappa shape index (κ2) is 9.19. The first-order chi connectivity index (χ1) is 16.3. The van der Waals surface area contributed by atoms with Crippen LogP contribution in [0.4, 0.5) is 0 Å². The molecule has 0 aliphatic rings. The molecule has 0 saturated carbocycles. The lowest BCUT2D eigenvalue weighted by molar-refractivity contribution is -0.140. The van der Waals surface area contributed by atoms with Crippen molar-refractivity contribution in [1.82, 2.24) is 0 Å². The Morgan fingerprint density at radius 3 is 2.35 bits per heavy atom. The van der Waals surface area contributed by atoms with Crippen LogP contribution in [0, 0.1) is 0 Å². The number of methoxy groups -OCH3 is 2. The summed E-state index contributed by atoms with van der Waals surface area (Å²) in [5.74, 6) is -1.37. The molecule has 0 saturated heterocycles. The monoisotopic (exact) mass is 462 g/mol. The normalized spacial score (nSPS) is 11.8. The smallest absolute Gasteiger partial charge is 0.306 e. The van der Waals surface area contributed by atoms with Gasteiger partial charge in [-0.3, -0.25) is 9.59 Å². The lowest BCUT2D eigenvalue weighted by Gasteiger charge is -2.20. The summed E-state index contributed by atoms with van der Waals surface area (Å²) in [6.45, 7) is 0. The molecule has 4 aromatic rings. The molecular weight excluding hydrogens is 440 g/mol. The summed E-state index contributed by atoms with van der Waals surface area (Å²) >= 11 is 0. The molecule has 0 bridgehead atoms. The Morgan fingerprint density at radius 1 is 0.971 bits per heavy atom. The second-order valence-corrected chi connectivity index (χ2v) is 7.66. The maximum Gasteiger partial charge on any atom is 0.306 e. The molecule has 4 rings (SSSR count). The van der Waals surface area contributed by atoms with Crippen molar-refractivity contribution in [3.8, 4) is 34.1 Å². The molecule has 3 N–H and O–H groups in total. The van der Waals surface area contributed by atoms with Crippen LogP contribution in [-0.2, 0) is 9.53 Å². The van der Waals surface area contributed by atoms with E-state index in [2.05, 4.69) is 0 Å². The Kier molecular flexibility index (Phi) is 6.14. The number of fused-ring (bicyclic) bond motifs is 1. The molecule has 0 radical (unpaired) electrons. The van der Waals surface area contributed by atoms with Gasteiger partial charge in [0.2, 0.25) is 5.43 Å². The summed E-state index contributed by atoms with van der Waals surface area (Å²) in [4.78, 5) is 25.6. The number of carbonyl (C=O) groups excluding carboxylic acids is 1. The summed E-state index contributed by atoms with van der Waals surface area (Å²) in [6.07, 6.45) is 1.10. The minimum Gasteiger partial charge on any atom is -0.508 e. The molecule has 0 amide bonds. The van der Waals surface area contributed by atoms with Crippen LogP contribution in [0.1, 0.15) is 23.5 Å². The van der Waals surface area contributed by atoms with Crippen molar-refractivity contribution in [2.45, 2.75) is 12.3 Å². The molecule has 1 aromatic heterocycles. The van der Waals surface area contributed by atoms with Gasteiger partial charge in [0.05, 0.1) is 31.6 Å². The minimum absolute atomic E-state index is 0.0644. The van der Waals surface area contributed by atoms with E-state index in [0.717, 1.165) is 0 Å². The zero-order valence-corrected chi connectivity index (χ0v) is 18.4. The number of phenolic OH excluding ortho intramolecular Hbond substituents is 3. The van der Waals surface area contributed by atoms with E-state index in [-0.39, 0.29) is 56.9 Å². The zero-order valence-electron chi connectivity index (χ0n) is 18.4. The first-order valence-corrected chi connectivity index (χ1v) is 10.3. The number of aromatic hydroxyl groups is 3. The van der Waals surface area contributed by atoms with E-state index < -0.39 is 11.9 Å². The van der Waals surface area contributed by atoms with Crippen LogP contribution in [0.5, 0.6) is 23.0 Å². The summed E-state index contributed by atoms with van der Waals surface area (Å²) in [7, 11) is 2.66. The SMILES string of the molecule is COC(=O)CC(c1ccc(OC)c(O)c1)c1c(O)ccc2c(=O)c(-c3ccc(O)cc3)coc12. The summed E-state index contributed by atoms with van der Waals surface area (Å²) in [6, 6.07) is 13.5. The summed E-state index contributed by atoms with van der Waals surface area (Å²) < 4.78 is 15.8. The lowest BCUT2D eigenvalue weighted by atomic mass is 9.86. The van der Waals surface area contributed by atoms with E-state index in [9.17, 15) is 24.9 Å². The molecule has 8 heteroatoms. The molecule has 1 unspecified atom stereocenters. The Bertz CT molecular complexity index is 1420. The van der Waals surface area contributed by atoms with Crippen molar-refractivity contribution in [1.29, 1.82) is 0 Å². The molecule has 1 atom stereocenters. The van der Waals surface area contributed by atoms with Gasteiger partial charge in [-0.05, 0) is 47.5 Å².